The molecule has 7 rings (SSSR count). The van der Waals surface area contributed by atoms with Crippen LogP contribution in [0.2, 0.25) is 0 Å². The third kappa shape index (κ3) is 8.99. The molecule has 6 heterocycles. The molecule has 4 aromatic heterocycles. The lowest BCUT2D eigenvalue weighted by Gasteiger charge is -2.47. The van der Waals surface area contributed by atoms with Crippen molar-refractivity contribution in [3.05, 3.63) is 61.2 Å². The molecule has 1 aliphatic carbocycles. The van der Waals surface area contributed by atoms with Crippen molar-refractivity contribution in [3.8, 4) is 0 Å². The molecule has 0 aromatic carbocycles. The molecule has 0 atom stereocenters. The molecule has 3 aliphatic rings. The Bertz CT molecular complexity index is 2060. The van der Waals surface area contributed by atoms with Gasteiger partial charge in [-0.15, -0.1) is 0 Å². The van der Waals surface area contributed by atoms with Crippen molar-refractivity contribution in [1.29, 1.82) is 0 Å². The number of ether oxygens (including phenoxy) is 1. The number of H-pyrrole nitrogens is 2. The van der Waals surface area contributed by atoms with Crippen molar-refractivity contribution in [1.82, 2.24) is 50.3 Å². The van der Waals surface area contributed by atoms with Gasteiger partial charge in [0.1, 0.15) is 22.7 Å². The average Bonchev–Trinajstić information content (AvgIpc) is 3.99. The van der Waals surface area contributed by atoms with Crippen LogP contribution in [0.4, 0.5) is 11.6 Å². The maximum Gasteiger partial charge on any atom is 0.255 e. The van der Waals surface area contributed by atoms with Crippen LogP contribution in [0.25, 0.3) is 22.3 Å². The summed E-state index contributed by atoms with van der Waals surface area (Å²) in [7, 11) is 1.58. The Morgan fingerprint density at radius 1 is 0.821 bits per heavy atom. The summed E-state index contributed by atoms with van der Waals surface area (Å²) in [5.41, 5.74) is 2.87. The van der Waals surface area contributed by atoms with Crippen LogP contribution in [-0.2, 0) is 14.3 Å². The molecular formula is C39H52N12O5. The highest BCUT2D eigenvalue weighted by Crippen LogP contribution is 2.27. The first kappa shape index (κ1) is 39.8. The number of hydrogen-bond donors (Lipinski definition) is 4. The molecule has 0 spiro atoms. The Kier molecular flexibility index (Phi) is 12.6. The largest absolute Gasteiger partial charge is 0.383 e. The first-order chi connectivity index (χ1) is 27.0. The van der Waals surface area contributed by atoms with E-state index in [0.717, 1.165) is 12.4 Å². The van der Waals surface area contributed by atoms with Gasteiger partial charge >= 0.3 is 0 Å². The van der Waals surface area contributed by atoms with Crippen LogP contribution in [0.5, 0.6) is 0 Å². The number of anilines is 2. The van der Waals surface area contributed by atoms with Gasteiger partial charge in [-0.05, 0) is 44.8 Å². The van der Waals surface area contributed by atoms with Gasteiger partial charge in [-0.25, -0.2) is 19.9 Å². The molecule has 0 radical (unpaired) electrons. The second kappa shape index (κ2) is 17.7. The van der Waals surface area contributed by atoms with Crippen molar-refractivity contribution < 1.29 is 23.9 Å². The summed E-state index contributed by atoms with van der Waals surface area (Å²) in [6.07, 6.45) is 14.3. The molecule has 4 N–H and O–H groups in total. The Hall–Kier alpha value is -5.84. The summed E-state index contributed by atoms with van der Waals surface area (Å²) in [6.45, 7) is 17.1. The van der Waals surface area contributed by atoms with E-state index in [1.54, 1.807) is 36.8 Å². The van der Waals surface area contributed by atoms with Crippen LogP contribution >= 0.6 is 0 Å². The van der Waals surface area contributed by atoms with Crippen LogP contribution in [0.3, 0.4) is 0 Å². The third-order valence-corrected chi connectivity index (χ3v) is 10.6. The lowest BCUT2D eigenvalue weighted by atomic mass is 9.98. The van der Waals surface area contributed by atoms with Gasteiger partial charge in [0.2, 0.25) is 11.8 Å². The maximum absolute atomic E-state index is 12.6. The molecule has 17 heteroatoms. The number of nitrogens with one attached hydrogen (secondary N) is 4. The number of hydrogen-bond acceptors (Lipinski definition) is 11. The van der Waals surface area contributed by atoms with E-state index in [1.807, 2.05) is 18.7 Å². The zero-order valence-electron chi connectivity index (χ0n) is 32.5. The zero-order chi connectivity index (χ0) is 39.8. The van der Waals surface area contributed by atoms with Crippen molar-refractivity contribution in [3.63, 3.8) is 0 Å². The van der Waals surface area contributed by atoms with Gasteiger partial charge in [0.25, 0.3) is 11.8 Å². The normalized spacial score (nSPS) is 17.1. The van der Waals surface area contributed by atoms with Gasteiger partial charge in [0, 0.05) is 78.4 Å². The maximum atomic E-state index is 12.6. The van der Waals surface area contributed by atoms with Crippen LogP contribution in [0.15, 0.2) is 50.1 Å². The van der Waals surface area contributed by atoms with E-state index in [0.29, 0.717) is 104 Å². The Morgan fingerprint density at radius 2 is 1.38 bits per heavy atom. The molecule has 2 aliphatic heterocycles. The van der Waals surface area contributed by atoms with E-state index in [4.69, 9.17) is 9.72 Å². The Balaban J connectivity index is 0.000000190. The van der Waals surface area contributed by atoms with Crippen molar-refractivity contribution in [2.45, 2.75) is 45.1 Å². The van der Waals surface area contributed by atoms with Crippen molar-refractivity contribution in [2.75, 3.05) is 82.4 Å². The topological polar surface area (TPSA) is 198 Å². The van der Waals surface area contributed by atoms with Crippen LogP contribution < -0.4 is 20.4 Å². The summed E-state index contributed by atoms with van der Waals surface area (Å²) < 4.78 is 4.96. The number of amides is 4. The van der Waals surface area contributed by atoms with Crippen LogP contribution in [0.1, 0.15) is 60.2 Å². The average molecular weight is 769 g/mol. The number of methoxy groups -OCH3 is 1. The minimum absolute atomic E-state index is 0.0481. The highest BCUT2D eigenvalue weighted by Gasteiger charge is 2.36. The predicted octanol–water partition coefficient (Wildman–Crippen LogP) is 2.66. The number of piperazine rings is 2. The number of rotatable bonds is 11. The van der Waals surface area contributed by atoms with Gasteiger partial charge in [0.15, 0.2) is 11.3 Å². The molecule has 56 heavy (non-hydrogen) atoms. The Morgan fingerprint density at radius 3 is 1.93 bits per heavy atom. The van der Waals surface area contributed by atoms with Crippen molar-refractivity contribution >= 4 is 57.6 Å². The van der Waals surface area contributed by atoms with Crippen LogP contribution in [-0.4, -0.2) is 141 Å². The zero-order valence-corrected chi connectivity index (χ0v) is 32.5. The lowest BCUT2D eigenvalue weighted by molar-refractivity contribution is -0.131. The van der Waals surface area contributed by atoms with E-state index in [1.165, 1.54) is 37.8 Å². The van der Waals surface area contributed by atoms with Gasteiger partial charge in [-0.1, -0.05) is 26.0 Å². The molecule has 0 unspecified atom stereocenters. The minimum atomic E-state index is -0.376. The number of nitrogens with zero attached hydrogens (tertiary/aromatic N) is 8. The fourth-order valence-electron chi connectivity index (χ4n) is 7.48. The molecule has 17 nitrogen and oxygen atoms in total. The second-order valence-electron chi connectivity index (χ2n) is 14.8. The number of fused-ring (bicyclic) bond motifs is 2. The smallest absolute Gasteiger partial charge is 0.255 e. The first-order valence-corrected chi connectivity index (χ1v) is 19.1. The lowest BCUT2D eigenvalue weighted by Crippen LogP contribution is -2.61. The van der Waals surface area contributed by atoms with E-state index in [2.05, 4.69) is 58.5 Å². The molecule has 4 amide bonds. The molecule has 2 saturated heterocycles. The summed E-state index contributed by atoms with van der Waals surface area (Å²) in [5, 5.41) is 5.85. The minimum Gasteiger partial charge on any atom is -0.383 e. The van der Waals surface area contributed by atoms with E-state index in [9.17, 15) is 19.2 Å². The molecule has 1 saturated carbocycles. The van der Waals surface area contributed by atoms with Crippen LogP contribution in [0, 0.1) is 5.92 Å². The first-order valence-electron chi connectivity index (χ1n) is 19.1. The number of carbonyl (C=O) groups excluding carboxylic acids is 4. The molecule has 3 fully saturated rings. The number of carbonyl (C=O) groups is 4. The molecule has 4 aromatic rings. The van der Waals surface area contributed by atoms with Gasteiger partial charge in [0.05, 0.1) is 35.7 Å². The van der Waals surface area contributed by atoms with Gasteiger partial charge in [-0.2, -0.15) is 0 Å². The highest BCUT2D eigenvalue weighted by atomic mass is 16.5. The SMILES string of the molecule is C=CC(=O)N1CCN(c2cnc3[nH]cc(C(=O)NCC4CCCC4)c3n2)CC1.C=CC(=O)N1CCN(c2cnc3[nH]cc(C(=O)NCCOC)c3n2)CC1(C)C. The van der Waals surface area contributed by atoms with Gasteiger partial charge < -0.3 is 44.9 Å². The second-order valence-corrected chi connectivity index (χ2v) is 14.8. The summed E-state index contributed by atoms with van der Waals surface area (Å²) in [4.78, 5) is 80.9. The van der Waals surface area contributed by atoms with E-state index < -0.39 is 0 Å². The van der Waals surface area contributed by atoms with Crippen molar-refractivity contribution in [2.24, 2.45) is 5.92 Å². The quantitative estimate of drug-likeness (QED) is 0.129. The monoisotopic (exact) mass is 768 g/mol. The van der Waals surface area contributed by atoms with E-state index in [-0.39, 0.29) is 29.2 Å². The summed E-state index contributed by atoms with van der Waals surface area (Å²) in [5.74, 6) is 1.53. The standard InChI is InChI=1S/C20H26N6O2.C19H26N6O3/c1-2-17(27)26-9-7-25(8-10-26)16-13-22-19-18(24-16)15(12-21-19)20(28)23-11-14-5-3-4-6-14;1-5-15(26)25-8-7-24(12-19(25,2)3)14-11-22-17-16(23-14)13(10-21-17)18(27)20-6-9-28-4/h2,12-14H,1,3-11H2,(H,21,22)(H,23,28);5,10-11H,1,6-9,12H2,2-4H3,(H,20,27)(H,21,22). The third-order valence-electron chi connectivity index (χ3n) is 10.6. The summed E-state index contributed by atoms with van der Waals surface area (Å²) in [6, 6.07) is 0. The predicted molar refractivity (Wildman–Crippen MR) is 213 cm³/mol. The molecular weight excluding hydrogens is 717 g/mol. The summed E-state index contributed by atoms with van der Waals surface area (Å²) >= 11 is 0. The highest BCUT2D eigenvalue weighted by molar-refractivity contribution is 6.05. The van der Waals surface area contributed by atoms with Gasteiger partial charge in [-0.3, -0.25) is 19.2 Å². The molecule has 0 bridgehead atoms. The Labute approximate surface area is 326 Å². The van der Waals surface area contributed by atoms with E-state index >= 15 is 0 Å². The molecule has 298 valence electrons. The number of aromatic amines is 2. The fourth-order valence-corrected chi connectivity index (χ4v) is 7.48. The number of aromatic nitrogens is 6. The fraction of sp³-hybridized carbons (Fsp3) is 0.487.